The number of allylic oxidation sites excluding steroid dienone is 1. The van der Waals surface area contributed by atoms with E-state index in [4.69, 9.17) is 9.47 Å². The Morgan fingerprint density at radius 1 is 1.10 bits per heavy atom. The highest BCUT2D eigenvalue weighted by Crippen LogP contribution is 2.83. The van der Waals surface area contributed by atoms with Gasteiger partial charge in [0.25, 0.3) is 5.28 Å². The van der Waals surface area contributed by atoms with Crippen molar-refractivity contribution in [2.24, 2.45) is 0 Å². The molecule has 0 radical (unpaired) electrons. The summed E-state index contributed by atoms with van der Waals surface area (Å²) < 4.78 is 11.2. The van der Waals surface area contributed by atoms with Crippen LogP contribution in [0, 0.1) is 0 Å². The Morgan fingerprint density at radius 2 is 1.80 bits per heavy atom. The molecular weight excluding hydrogens is 397 g/mol. The van der Waals surface area contributed by atoms with Crippen molar-refractivity contribution in [1.29, 1.82) is 0 Å². The zero-order valence-electron chi connectivity index (χ0n) is 18.3. The molecule has 3 aliphatic rings. The molecule has 0 spiro atoms. The molecule has 4 rings (SSSR count). The summed E-state index contributed by atoms with van der Waals surface area (Å²) in [7, 11) is -2.34. The Morgan fingerprint density at radius 3 is 2.50 bits per heavy atom. The van der Waals surface area contributed by atoms with Crippen molar-refractivity contribution in [2.45, 2.75) is 39.4 Å². The molecule has 1 aromatic carbocycles. The van der Waals surface area contributed by atoms with Gasteiger partial charge in [0.15, 0.2) is 0 Å². The summed E-state index contributed by atoms with van der Waals surface area (Å²) in [6.45, 7) is 10.6. The van der Waals surface area contributed by atoms with Crippen LogP contribution in [-0.4, -0.2) is 48.2 Å². The zero-order chi connectivity index (χ0) is 21.7. The van der Waals surface area contributed by atoms with Crippen molar-refractivity contribution >= 4 is 31.0 Å². The van der Waals surface area contributed by atoms with Crippen LogP contribution in [0.15, 0.2) is 46.9 Å². The van der Waals surface area contributed by atoms with E-state index in [2.05, 4.69) is 20.5 Å². The first-order valence-corrected chi connectivity index (χ1v) is 12.9. The van der Waals surface area contributed by atoms with Gasteiger partial charge in [-0.1, -0.05) is 29.8 Å². The van der Waals surface area contributed by atoms with E-state index < -0.39 is 12.5 Å². The van der Waals surface area contributed by atoms with Gasteiger partial charge < -0.3 is 9.47 Å². The molecule has 0 saturated heterocycles. The fourth-order valence-corrected chi connectivity index (χ4v) is 10.0. The van der Waals surface area contributed by atoms with Gasteiger partial charge in [0.05, 0.1) is 33.3 Å². The molecule has 0 aliphatic carbocycles. The molecule has 158 valence electrons. The van der Waals surface area contributed by atoms with Crippen LogP contribution in [0.1, 0.15) is 45.2 Å². The van der Waals surface area contributed by atoms with Gasteiger partial charge in [-0.25, -0.2) is 9.59 Å². The van der Waals surface area contributed by atoms with Gasteiger partial charge in [0.1, 0.15) is 5.70 Å². The second-order valence-electron chi connectivity index (χ2n) is 8.31. The van der Waals surface area contributed by atoms with E-state index in [0.717, 1.165) is 16.8 Å². The van der Waals surface area contributed by atoms with E-state index in [-0.39, 0.29) is 11.9 Å². The van der Waals surface area contributed by atoms with Gasteiger partial charge in [-0.2, -0.15) is 0 Å². The van der Waals surface area contributed by atoms with Gasteiger partial charge >= 0.3 is 11.9 Å². The first-order chi connectivity index (χ1) is 14.3. The van der Waals surface area contributed by atoms with Crippen LogP contribution in [0.5, 0.6) is 0 Å². The molecule has 3 heterocycles. The lowest BCUT2D eigenvalue weighted by Gasteiger charge is -2.44. The van der Waals surface area contributed by atoms with Crippen molar-refractivity contribution in [3.8, 4) is 0 Å². The van der Waals surface area contributed by atoms with Crippen molar-refractivity contribution in [2.75, 3.05) is 26.0 Å². The normalized spacial score (nSPS) is 26.9. The Labute approximate surface area is 178 Å². The fraction of sp³-hybridized carbons (Fsp3) is 0.417. The Hall–Kier alpha value is -2.39. The number of ether oxygens (including phenoxy) is 2. The summed E-state index contributed by atoms with van der Waals surface area (Å²) in [5, 5.41) is -0.227. The van der Waals surface area contributed by atoms with E-state index in [1.165, 1.54) is 11.1 Å². The summed E-state index contributed by atoms with van der Waals surface area (Å²) in [5.41, 5.74) is 5.27. The predicted molar refractivity (Wildman–Crippen MR) is 121 cm³/mol. The molecule has 0 fully saturated rings. The molecule has 30 heavy (non-hydrogen) atoms. The molecular formula is C24H29NO4P+. The number of nitrogens with zero attached hydrogens (tertiary/aromatic N) is 1. The predicted octanol–water partition coefficient (Wildman–Crippen LogP) is 4.87. The lowest BCUT2D eigenvalue weighted by molar-refractivity contribution is -0.149. The Kier molecular flexibility index (Phi) is 5.14. The topological polar surface area (TPSA) is 55.8 Å². The van der Waals surface area contributed by atoms with Crippen LogP contribution < -0.4 is 0 Å². The van der Waals surface area contributed by atoms with Crippen LogP contribution in [0.2, 0.25) is 0 Å². The van der Waals surface area contributed by atoms with Gasteiger partial charge in [-0.15, -0.1) is 0 Å². The van der Waals surface area contributed by atoms with Crippen LogP contribution in [-0.2, 0) is 19.1 Å². The highest BCUT2D eigenvalue weighted by Gasteiger charge is 2.75. The van der Waals surface area contributed by atoms with E-state index in [1.54, 1.807) is 0 Å². The number of fused-ring (bicyclic) bond motifs is 5. The average Bonchev–Trinajstić information content (AvgIpc) is 2.94. The van der Waals surface area contributed by atoms with Gasteiger partial charge in [-0.05, 0) is 44.9 Å². The average molecular weight is 426 g/mol. The highest BCUT2D eigenvalue weighted by molar-refractivity contribution is 7.83. The molecule has 2 atom stereocenters. The SMILES string of the molecule is CCOC(=O)C1=C2c3ccccc3C=CN2C2(C(=O)OCC)CC(C)=C(C)C[P+]12C. The third-order valence-electron chi connectivity index (χ3n) is 6.66. The van der Waals surface area contributed by atoms with Crippen LogP contribution in [0.4, 0.5) is 0 Å². The number of rotatable bonds is 4. The number of hydrogen-bond donors (Lipinski definition) is 0. The van der Waals surface area contributed by atoms with Crippen molar-refractivity contribution in [3.63, 3.8) is 0 Å². The van der Waals surface area contributed by atoms with Crippen molar-refractivity contribution in [3.05, 3.63) is 58.1 Å². The lowest BCUT2D eigenvalue weighted by atomic mass is 9.95. The minimum atomic E-state index is -2.34. The molecule has 0 saturated carbocycles. The number of esters is 2. The summed E-state index contributed by atoms with van der Waals surface area (Å²) in [5.74, 6) is -0.550. The minimum Gasteiger partial charge on any atom is -0.461 e. The first kappa shape index (κ1) is 20.9. The summed E-state index contributed by atoms with van der Waals surface area (Å²) in [4.78, 5) is 29.1. The standard InChI is InChI=1S/C24H29NO4P/c1-6-28-22(26)21-20-19-11-9-8-10-18(19)12-13-25(20)24(23(27)29-7-2)14-16(3)17(4)15-30(21,24)5/h8-13H,6-7,14-15H2,1-5H3/q+1. The molecule has 1 aromatic rings. The number of hydrogen-bond acceptors (Lipinski definition) is 5. The van der Waals surface area contributed by atoms with Gasteiger partial charge in [-0.3, -0.25) is 4.90 Å². The molecule has 5 nitrogen and oxygen atoms in total. The van der Waals surface area contributed by atoms with E-state index >= 15 is 0 Å². The second kappa shape index (κ2) is 7.39. The summed E-state index contributed by atoms with van der Waals surface area (Å²) >= 11 is 0. The molecule has 0 amide bonds. The first-order valence-electron chi connectivity index (χ1n) is 10.5. The van der Waals surface area contributed by atoms with Crippen LogP contribution >= 0.6 is 7.26 Å². The quantitative estimate of drug-likeness (QED) is 0.391. The largest absolute Gasteiger partial charge is 0.461 e. The van der Waals surface area contributed by atoms with E-state index in [0.29, 0.717) is 31.1 Å². The third-order valence-corrected chi connectivity index (χ3v) is 11.3. The molecule has 0 N–H and O–H groups in total. The Bertz CT molecular complexity index is 1020. The van der Waals surface area contributed by atoms with E-state index in [1.807, 2.05) is 55.3 Å². The van der Waals surface area contributed by atoms with Crippen LogP contribution in [0.3, 0.4) is 0 Å². The monoisotopic (exact) mass is 426 g/mol. The van der Waals surface area contributed by atoms with E-state index in [9.17, 15) is 9.59 Å². The number of carbonyl (C=O) groups is 2. The lowest BCUT2D eigenvalue weighted by Crippen LogP contribution is -2.53. The van der Waals surface area contributed by atoms with Crippen molar-refractivity contribution < 1.29 is 19.1 Å². The smallest absolute Gasteiger partial charge is 0.376 e. The Balaban J connectivity index is 2.06. The summed E-state index contributed by atoms with van der Waals surface area (Å²) in [6, 6.07) is 8.02. The van der Waals surface area contributed by atoms with Crippen LogP contribution in [0.25, 0.3) is 11.8 Å². The number of benzene rings is 1. The maximum atomic E-state index is 13.7. The molecule has 0 bridgehead atoms. The zero-order valence-corrected chi connectivity index (χ0v) is 19.2. The summed E-state index contributed by atoms with van der Waals surface area (Å²) in [6.07, 6.45) is 5.26. The van der Waals surface area contributed by atoms with Crippen molar-refractivity contribution in [1.82, 2.24) is 4.90 Å². The maximum Gasteiger partial charge on any atom is 0.376 e. The third kappa shape index (κ3) is 2.64. The van der Waals surface area contributed by atoms with Gasteiger partial charge in [0.2, 0.25) is 5.31 Å². The number of carbonyl (C=O) groups excluding carboxylic acids is 2. The molecule has 0 aromatic heterocycles. The molecule has 2 unspecified atom stereocenters. The molecule has 3 aliphatic heterocycles. The maximum absolute atomic E-state index is 13.7. The fourth-order valence-electron chi connectivity index (χ4n) is 5.14. The molecule has 6 heteroatoms. The minimum absolute atomic E-state index is 0.242. The van der Waals surface area contributed by atoms with Gasteiger partial charge in [0, 0.05) is 18.2 Å². The second-order valence-corrected chi connectivity index (χ2v) is 12.2. The highest BCUT2D eigenvalue weighted by atomic mass is 31.2.